The summed E-state index contributed by atoms with van der Waals surface area (Å²) in [5.74, 6) is -0.394. The summed E-state index contributed by atoms with van der Waals surface area (Å²) < 4.78 is 3.08. The number of amides is 1. The van der Waals surface area contributed by atoms with Gasteiger partial charge < -0.3 is 9.88 Å². The summed E-state index contributed by atoms with van der Waals surface area (Å²) in [6.07, 6.45) is 1.65. The van der Waals surface area contributed by atoms with E-state index >= 15 is 0 Å². The molecule has 0 saturated carbocycles. The highest BCUT2D eigenvalue weighted by Crippen LogP contribution is 2.14. The van der Waals surface area contributed by atoms with Gasteiger partial charge in [-0.15, -0.1) is 0 Å². The van der Waals surface area contributed by atoms with E-state index < -0.39 is 5.91 Å². The molecule has 4 rings (SSSR count). The van der Waals surface area contributed by atoms with Crippen LogP contribution in [0.2, 0.25) is 0 Å². The fourth-order valence-electron chi connectivity index (χ4n) is 3.51. The van der Waals surface area contributed by atoms with Crippen molar-refractivity contribution in [1.29, 1.82) is 5.41 Å². The van der Waals surface area contributed by atoms with Gasteiger partial charge in [-0.2, -0.15) is 0 Å². The second-order valence-corrected chi connectivity index (χ2v) is 7.62. The third-order valence-corrected chi connectivity index (χ3v) is 5.10. The number of rotatable bonds is 4. The van der Waals surface area contributed by atoms with Crippen molar-refractivity contribution in [2.24, 2.45) is 0 Å². The van der Waals surface area contributed by atoms with Crippen LogP contribution in [0, 0.1) is 12.3 Å². The lowest BCUT2D eigenvalue weighted by molar-refractivity contribution is 0.0948. The standard InChI is InChI=1S/C23H23N5O2/c1-14(2)28-20(24)17(22(29)25-13-16-9-7-15(3)8-10-16)12-18-21(28)26-19-6-4-5-11-27(19)23(18)30/h4-12,14,24H,13H2,1-3H3,(H,25,29). The predicted octanol–water partition coefficient (Wildman–Crippen LogP) is 2.95. The maximum atomic E-state index is 13.1. The topological polar surface area (TPSA) is 92.2 Å². The Hall–Kier alpha value is -3.74. The number of nitrogens with one attached hydrogen (secondary N) is 2. The van der Waals surface area contributed by atoms with Crippen LogP contribution in [0.5, 0.6) is 0 Å². The van der Waals surface area contributed by atoms with E-state index in [0.29, 0.717) is 23.2 Å². The van der Waals surface area contributed by atoms with Crippen molar-refractivity contribution in [2.75, 3.05) is 0 Å². The first kappa shape index (κ1) is 19.6. The van der Waals surface area contributed by atoms with Gasteiger partial charge in [-0.25, -0.2) is 4.98 Å². The van der Waals surface area contributed by atoms with Crippen LogP contribution >= 0.6 is 0 Å². The average Bonchev–Trinajstić information content (AvgIpc) is 2.72. The monoisotopic (exact) mass is 401 g/mol. The molecule has 30 heavy (non-hydrogen) atoms. The molecule has 0 spiro atoms. The first-order valence-electron chi connectivity index (χ1n) is 9.82. The fourth-order valence-corrected chi connectivity index (χ4v) is 3.51. The number of benzene rings is 1. The SMILES string of the molecule is Cc1ccc(CNC(=O)c2cc3c(=O)n4ccccc4nc3n(C(C)C)c2=N)cc1. The molecule has 7 heteroatoms. The zero-order chi connectivity index (χ0) is 21.4. The minimum atomic E-state index is -0.394. The molecule has 0 aliphatic carbocycles. The lowest BCUT2D eigenvalue weighted by Crippen LogP contribution is -2.35. The Labute approximate surface area is 173 Å². The molecule has 3 heterocycles. The summed E-state index contributed by atoms with van der Waals surface area (Å²) in [4.78, 5) is 30.6. The molecular weight excluding hydrogens is 378 g/mol. The largest absolute Gasteiger partial charge is 0.348 e. The normalized spacial score (nSPS) is 11.3. The number of pyridine rings is 2. The van der Waals surface area contributed by atoms with E-state index in [2.05, 4.69) is 10.3 Å². The summed E-state index contributed by atoms with van der Waals surface area (Å²) in [5, 5.41) is 11.8. The molecular formula is C23H23N5O2. The summed E-state index contributed by atoms with van der Waals surface area (Å²) in [5.41, 5.74) is 2.93. The second kappa shape index (κ2) is 7.59. The van der Waals surface area contributed by atoms with E-state index in [9.17, 15) is 9.59 Å². The van der Waals surface area contributed by atoms with Crippen LogP contribution in [0.3, 0.4) is 0 Å². The van der Waals surface area contributed by atoms with Gasteiger partial charge in [0.1, 0.15) is 16.8 Å². The molecule has 3 aromatic heterocycles. The van der Waals surface area contributed by atoms with Crippen LogP contribution < -0.4 is 16.4 Å². The van der Waals surface area contributed by atoms with Crippen LogP contribution in [0.4, 0.5) is 0 Å². The molecule has 0 saturated heterocycles. The maximum Gasteiger partial charge on any atom is 0.267 e. The van der Waals surface area contributed by atoms with E-state index in [4.69, 9.17) is 5.41 Å². The number of aromatic nitrogens is 3. The van der Waals surface area contributed by atoms with Gasteiger partial charge in [-0.05, 0) is 44.5 Å². The highest BCUT2D eigenvalue weighted by molar-refractivity contribution is 5.96. The van der Waals surface area contributed by atoms with Crippen LogP contribution in [0.25, 0.3) is 16.7 Å². The minimum absolute atomic E-state index is 0.0334. The number of carbonyl (C=O) groups is 1. The molecule has 0 fully saturated rings. The molecule has 2 N–H and O–H groups in total. The maximum absolute atomic E-state index is 13.1. The van der Waals surface area contributed by atoms with Crippen LogP contribution in [0.15, 0.2) is 59.5 Å². The zero-order valence-corrected chi connectivity index (χ0v) is 17.1. The van der Waals surface area contributed by atoms with Crippen molar-refractivity contribution in [3.05, 3.63) is 87.3 Å². The van der Waals surface area contributed by atoms with E-state index in [1.165, 1.54) is 10.5 Å². The number of aryl methyl sites for hydroxylation is 1. The smallest absolute Gasteiger partial charge is 0.267 e. The molecule has 0 bridgehead atoms. The van der Waals surface area contributed by atoms with Gasteiger partial charge in [0.25, 0.3) is 11.5 Å². The molecule has 0 aliphatic rings. The number of carbonyl (C=O) groups excluding carboxylic acids is 1. The minimum Gasteiger partial charge on any atom is -0.348 e. The van der Waals surface area contributed by atoms with Crippen LogP contribution in [0.1, 0.15) is 41.4 Å². The number of nitrogens with zero attached hydrogens (tertiary/aromatic N) is 3. The van der Waals surface area contributed by atoms with Crippen molar-refractivity contribution >= 4 is 22.6 Å². The Kier molecular flexibility index (Phi) is 4.95. The zero-order valence-electron chi connectivity index (χ0n) is 17.1. The summed E-state index contributed by atoms with van der Waals surface area (Å²) in [7, 11) is 0. The Bertz CT molecular complexity index is 1380. The van der Waals surface area contributed by atoms with Crippen molar-refractivity contribution in [3.8, 4) is 0 Å². The Morgan fingerprint density at radius 3 is 2.60 bits per heavy atom. The summed E-state index contributed by atoms with van der Waals surface area (Å²) in [6, 6.07) is 14.5. The van der Waals surface area contributed by atoms with E-state index in [0.717, 1.165) is 11.1 Å². The highest BCUT2D eigenvalue weighted by Gasteiger charge is 2.18. The Morgan fingerprint density at radius 1 is 1.17 bits per heavy atom. The number of hydrogen-bond donors (Lipinski definition) is 2. The second-order valence-electron chi connectivity index (χ2n) is 7.62. The predicted molar refractivity (Wildman–Crippen MR) is 116 cm³/mol. The molecule has 7 nitrogen and oxygen atoms in total. The van der Waals surface area contributed by atoms with Crippen molar-refractivity contribution in [3.63, 3.8) is 0 Å². The van der Waals surface area contributed by atoms with E-state index in [1.807, 2.05) is 51.1 Å². The van der Waals surface area contributed by atoms with Crippen molar-refractivity contribution < 1.29 is 4.79 Å². The molecule has 4 aromatic rings. The van der Waals surface area contributed by atoms with Crippen LogP contribution in [-0.4, -0.2) is 19.9 Å². The van der Waals surface area contributed by atoms with Crippen LogP contribution in [-0.2, 0) is 6.54 Å². The lowest BCUT2D eigenvalue weighted by Gasteiger charge is -2.17. The molecule has 1 amide bonds. The average molecular weight is 401 g/mol. The van der Waals surface area contributed by atoms with Gasteiger partial charge in [-0.1, -0.05) is 35.9 Å². The summed E-state index contributed by atoms with van der Waals surface area (Å²) in [6.45, 7) is 6.15. The highest BCUT2D eigenvalue weighted by atomic mass is 16.1. The third-order valence-electron chi connectivity index (χ3n) is 5.10. The molecule has 0 aliphatic heterocycles. The Morgan fingerprint density at radius 2 is 1.90 bits per heavy atom. The molecule has 0 atom stereocenters. The van der Waals surface area contributed by atoms with E-state index in [1.54, 1.807) is 22.9 Å². The number of fused-ring (bicyclic) bond motifs is 2. The van der Waals surface area contributed by atoms with Gasteiger partial charge >= 0.3 is 0 Å². The van der Waals surface area contributed by atoms with Gasteiger partial charge in [0, 0.05) is 18.8 Å². The van der Waals surface area contributed by atoms with E-state index in [-0.39, 0.29) is 22.7 Å². The van der Waals surface area contributed by atoms with Gasteiger partial charge in [0.05, 0.1) is 10.9 Å². The number of hydrogen-bond acceptors (Lipinski definition) is 4. The Balaban J connectivity index is 1.84. The molecule has 152 valence electrons. The first-order valence-corrected chi connectivity index (χ1v) is 9.82. The third kappa shape index (κ3) is 3.39. The molecule has 0 radical (unpaired) electrons. The quantitative estimate of drug-likeness (QED) is 0.515. The fraction of sp³-hybridized carbons (Fsp3) is 0.217. The summed E-state index contributed by atoms with van der Waals surface area (Å²) >= 11 is 0. The molecule has 0 unspecified atom stereocenters. The van der Waals surface area contributed by atoms with Crippen molar-refractivity contribution in [2.45, 2.75) is 33.4 Å². The van der Waals surface area contributed by atoms with Crippen molar-refractivity contribution in [1.82, 2.24) is 19.3 Å². The van der Waals surface area contributed by atoms with Gasteiger partial charge in [-0.3, -0.25) is 19.4 Å². The first-order chi connectivity index (χ1) is 14.4. The van der Waals surface area contributed by atoms with Gasteiger partial charge in [0.2, 0.25) is 0 Å². The van der Waals surface area contributed by atoms with Gasteiger partial charge in [0.15, 0.2) is 0 Å². The molecule has 1 aromatic carbocycles. The lowest BCUT2D eigenvalue weighted by atomic mass is 10.1.